The van der Waals surface area contributed by atoms with Crippen molar-refractivity contribution < 1.29 is 5.11 Å². The van der Waals surface area contributed by atoms with Crippen molar-refractivity contribution in [1.29, 1.82) is 0 Å². The van der Waals surface area contributed by atoms with Crippen LogP contribution in [0.1, 0.15) is 50.7 Å². The SMILES string of the molecule is CCC1(CC)CCN(c2ncc(CO)cc2C)CC1. The number of hydrogen-bond donors (Lipinski definition) is 1. The first-order valence-electron chi connectivity index (χ1n) is 7.45. The second-order valence-electron chi connectivity index (χ2n) is 5.84. The number of anilines is 1. The number of nitrogens with zero attached hydrogens (tertiary/aromatic N) is 2. The molecule has 0 amide bonds. The van der Waals surface area contributed by atoms with Crippen molar-refractivity contribution in [3.05, 3.63) is 23.4 Å². The van der Waals surface area contributed by atoms with Crippen molar-refractivity contribution in [3.63, 3.8) is 0 Å². The maximum atomic E-state index is 9.14. The minimum absolute atomic E-state index is 0.0723. The highest BCUT2D eigenvalue weighted by molar-refractivity contribution is 5.47. The molecule has 19 heavy (non-hydrogen) atoms. The Bertz CT molecular complexity index is 417. The van der Waals surface area contributed by atoms with Gasteiger partial charge >= 0.3 is 0 Å². The third-order valence-electron chi connectivity index (χ3n) is 4.91. The zero-order valence-electron chi connectivity index (χ0n) is 12.4. The maximum Gasteiger partial charge on any atom is 0.131 e. The molecule has 2 rings (SSSR count). The van der Waals surface area contributed by atoms with Crippen molar-refractivity contribution in [2.45, 2.75) is 53.1 Å². The first kappa shape index (κ1) is 14.3. The van der Waals surface area contributed by atoms with Crippen LogP contribution in [0.5, 0.6) is 0 Å². The highest BCUT2D eigenvalue weighted by atomic mass is 16.3. The number of pyridine rings is 1. The number of aliphatic hydroxyl groups excluding tert-OH is 1. The zero-order chi connectivity index (χ0) is 13.9. The number of aromatic nitrogens is 1. The summed E-state index contributed by atoms with van der Waals surface area (Å²) in [6, 6.07) is 2.05. The summed E-state index contributed by atoms with van der Waals surface area (Å²) in [6.45, 7) is 9.01. The molecule has 0 unspecified atom stereocenters. The molecule has 1 fully saturated rings. The molecule has 2 heterocycles. The molecular weight excluding hydrogens is 236 g/mol. The van der Waals surface area contributed by atoms with Crippen LogP contribution in [0, 0.1) is 12.3 Å². The summed E-state index contributed by atoms with van der Waals surface area (Å²) < 4.78 is 0. The van der Waals surface area contributed by atoms with Gasteiger partial charge in [-0.1, -0.05) is 26.7 Å². The summed E-state index contributed by atoms with van der Waals surface area (Å²) in [5, 5.41) is 9.14. The standard InChI is InChI=1S/C16H26N2O/c1-4-16(5-2)6-8-18(9-7-16)15-13(3)10-14(12-19)11-17-15/h10-11,19H,4-9,12H2,1-3H3. The van der Waals surface area contributed by atoms with E-state index >= 15 is 0 Å². The molecule has 3 heteroatoms. The van der Waals surface area contributed by atoms with Crippen molar-refractivity contribution in [3.8, 4) is 0 Å². The number of aryl methyl sites for hydroxylation is 1. The molecule has 1 aliphatic heterocycles. The Morgan fingerprint density at radius 1 is 1.26 bits per heavy atom. The summed E-state index contributed by atoms with van der Waals surface area (Å²) in [4.78, 5) is 6.94. The van der Waals surface area contributed by atoms with E-state index in [-0.39, 0.29) is 6.61 Å². The van der Waals surface area contributed by atoms with Gasteiger partial charge in [-0.3, -0.25) is 0 Å². The third kappa shape index (κ3) is 2.92. The Hall–Kier alpha value is -1.09. The average Bonchev–Trinajstić information content (AvgIpc) is 2.47. The largest absolute Gasteiger partial charge is 0.392 e. The number of hydrogen-bond acceptors (Lipinski definition) is 3. The van der Waals surface area contributed by atoms with Gasteiger partial charge < -0.3 is 10.0 Å². The lowest BCUT2D eigenvalue weighted by atomic mass is 9.74. The van der Waals surface area contributed by atoms with Crippen LogP contribution >= 0.6 is 0 Å². The lowest BCUT2D eigenvalue weighted by Crippen LogP contribution is -2.40. The second-order valence-corrected chi connectivity index (χ2v) is 5.84. The van der Waals surface area contributed by atoms with E-state index in [0.29, 0.717) is 5.41 Å². The first-order valence-corrected chi connectivity index (χ1v) is 7.45. The van der Waals surface area contributed by atoms with Gasteiger partial charge in [0.15, 0.2) is 0 Å². The molecule has 1 aromatic heterocycles. The molecule has 3 nitrogen and oxygen atoms in total. The molecule has 0 aromatic carbocycles. The van der Waals surface area contributed by atoms with Crippen LogP contribution in [-0.2, 0) is 6.61 Å². The van der Waals surface area contributed by atoms with Crippen LogP contribution in [0.2, 0.25) is 0 Å². The van der Waals surface area contributed by atoms with Gasteiger partial charge in [0.1, 0.15) is 5.82 Å². The lowest BCUT2D eigenvalue weighted by molar-refractivity contribution is 0.199. The van der Waals surface area contributed by atoms with E-state index in [1.54, 1.807) is 6.20 Å². The van der Waals surface area contributed by atoms with Gasteiger partial charge in [-0.05, 0) is 42.4 Å². The summed E-state index contributed by atoms with van der Waals surface area (Å²) in [6.07, 6.45) is 6.90. The topological polar surface area (TPSA) is 36.4 Å². The van der Waals surface area contributed by atoms with Crippen LogP contribution in [-0.4, -0.2) is 23.2 Å². The zero-order valence-corrected chi connectivity index (χ0v) is 12.4. The monoisotopic (exact) mass is 262 g/mol. The summed E-state index contributed by atoms with van der Waals surface area (Å²) in [5.41, 5.74) is 2.62. The quantitative estimate of drug-likeness (QED) is 0.904. The second kappa shape index (κ2) is 5.91. The van der Waals surface area contributed by atoms with Crippen LogP contribution in [0.3, 0.4) is 0 Å². The highest BCUT2D eigenvalue weighted by Gasteiger charge is 2.31. The Morgan fingerprint density at radius 3 is 2.37 bits per heavy atom. The normalized spacial score (nSPS) is 18.6. The van der Waals surface area contributed by atoms with Crippen LogP contribution in [0.4, 0.5) is 5.82 Å². The fraction of sp³-hybridized carbons (Fsp3) is 0.688. The minimum atomic E-state index is 0.0723. The van der Waals surface area contributed by atoms with Gasteiger partial charge in [0.05, 0.1) is 6.61 Å². The molecule has 1 aliphatic rings. The van der Waals surface area contributed by atoms with Gasteiger partial charge in [-0.25, -0.2) is 4.98 Å². The highest BCUT2D eigenvalue weighted by Crippen LogP contribution is 2.39. The van der Waals surface area contributed by atoms with Gasteiger partial charge in [0.2, 0.25) is 0 Å². The molecule has 0 atom stereocenters. The van der Waals surface area contributed by atoms with Gasteiger partial charge in [0.25, 0.3) is 0 Å². The predicted molar refractivity (Wildman–Crippen MR) is 79.4 cm³/mol. The fourth-order valence-corrected chi connectivity index (χ4v) is 3.19. The third-order valence-corrected chi connectivity index (χ3v) is 4.91. The van der Waals surface area contributed by atoms with E-state index in [1.807, 2.05) is 6.07 Å². The molecule has 0 bridgehead atoms. The first-order chi connectivity index (χ1) is 9.14. The molecular formula is C16H26N2O. The number of piperidine rings is 1. The van der Waals surface area contributed by atoms with E-state index in [2.05, 4.69) is 30.7 Å². The molecule has 1 saturated heterocycles. The van der Waals surface area contributed by atoms with E-state index in [0.717, 1.165) is 24.5 Å². The maximum absolute atomic E-state index is 9.14. The van der Waals surface area contributed by atoms with Gasteiger partial charge in [0, 0.05) is 19.3 Å². The Balaban J connectivity index is 2.09. The van der Waals surface area contributed by atoms with Crippen LogP contribution < -0.4 is 4.90 Å². The summed E-state index contributed by atoms with van der Waals surface area (Å²) >= 11 is 0. The smallest absolute Gasteiger partial charge is 0.131 e. The van der Waals surface area contributed by atoms with Crippen molar-refractivity contribution in [2.75, 3.05) is 18.0 Å². The van der Waals surface area contributed by atoms with E-state index in [1.165, 1.54) is 31.2 Å². The fourth-order valence-electron chi connectivity index (χ4n) is 3.19. The van der Waals surface area contributed by atoms with Crippen molar-refractivity contribution >= 4 is 5.82 Å². The minimum Gasteiger partial charge on any atom is -0.392 e. The molecule has 0 radical (unpaired) electrons. The molecule has 0 spiro atoms. The summed E-state index contributed by atoms with van der Waals surface area (Å²) in [5.74, 6) is 1.10. The van der Waals surface area contributed by atoms with Gasteiger partial charge in [-0.2, -0.15) is 0 Å². The lowest BCUT2D eigenvalue weighted by Gasteiger charge is -2.41. The van der Waals surface area contributed by atoms with Crippen molar-refractivity contribution in [1.82, 2.24) is 4.98 Å². The van der Waals surface area contributed by atoms with Crippen LogP contribution in [0.25, 0.3) is 0 Å². The Labute approximate surface area is 116 Å². The van der Waals surface area contributed by atoms with E-state index in [9.17, 15) is 0 Å². The average molecular weight is 262 g/mol. The van der Waals surface area contributed by atoms with E-state index in [4.69, 9.17) is 5.11 Å². The van der Waals surface area contributed by atoms with E-state index < -0.39 is 0 Å². The van der Waals surface area contributed by atoms with Gasteiger partial charge in [-0.15, -0.1) is 0 Å². The summed E-state index contributed by atoms with van der Waals surface area (Å²) in [7, 11) is 0. The van der Waals surface area contributed by atoms with Crippen molar-refractivity contribution in [2.24, 2.45) is 5.41 Å². The molecule has 0 saturated carbocycles. The predicted octanol–water partition coefficient (Wildman–Crippen LogP) is 3.29. The molecule has 1 N–H and O–H groups in total. The Morgan fingerprint density at radius 2 is 1.89 bits per heavy atom. The number of rotatable bonds is 4. The molecule has 106 valence electrons. The molecule has 1 aromatic rings. The molecule has 0 aliphatic carbocycles. The Kier molecular flexibility index (Phi) is 4.46. The van der Waals surface area contributed by atoms with Crippen LogP contribution in [0.15, 0.2) is 12.3 Å². The number of aliphatic hydroxyl groups is 1.